The maximum absolute atomic E-state index is 10.5. The van der Waals surface area contributed by atoms with Gasteiger partial charge in [-0.3, -0.25) is 0 Å². The van der Waals surface area contributed by atoms with Gasteiger partial charge in [0, 0.05) is 12.4 Å². The van der Waals surface area contributed by atoms with Crippen molar-refractivity contribution in [2.45, 2.75) is 12.4 Å². The molecular formula is C9H8N2O7P2. The van der Waals surface area contributed by atoms with E-state index in [1.54, 1.807) is 24.4 Å². The Morgan fingerprint density at radius 1 is 1.30 bits per heavy atom. The quantitative estimate of drug-likeness (QED) is 0.560. The van der Waals surface area contributed by atoms with E-state index in [0.717, 1.165) is 0 Å². The fourth-order valence-corrected chi connectivity index (χ4v) is 2.39. The first-order chi connectivity index (χ1) is 9.39. The lowest BCUT2D eigenvalue weighted by atomic mass is 10.3. The Labute approximate surface area is 114 Å². The molecule has 0 amide bonds. The predicted octanol–water partition coefficient (Wildman–Crippen LogP) is -0.409. The molecular weight excluding hydrogens is 310 g/mol. The lowest BCUT2D eigenvalue weighted by Crippen LogP contribution is -2.36. The molecule has 0 aromatic carbocycles. The van der Waals surface area contributed by atoms with E-state index in [1.807, 2.05) is 0 Å². The molecule has 1 N–H and O–H groups in total. The predicted molar refractivity (Wildman–Crippen MR) is 61.2 cm³/mol. The lowest BCUT2D eigenvalue weighted by molar-refractivity contribution is -0.316. The monoisotopic (exact) mass is 318 g/mol. The van der Waals surface area contributed by atoms with Gasteiger partial charge in [-0.25, -0.2) is 4.98 Å². The molecule has 0 radical (unpaired) electrons. The summed E-state index contributed by atoms with van der Waals surface area (Å²) in [5.41, 5.74) is 0.833. The average molecular weight is 318 g/mol. The molecule has 2 rings (SSSR count). The van der Waals surface area contributed by atoms with Crippen molar-refractivity contribution in [2.75, 3.05) is 0 Å². The molecule has 0 aliphatic carbocycles. The summed E-state index contributed by atoms with van der Waals surface area (Å²) >= 11 is 0. The van der Waals surface area contributed by atoms with Crippen LogP contribution in [0.25, 0.3) is 5.65 Å². The molecule has 0 bridgehead atoms. The van der Waals surface area contributed by atoms with Gasteiger partial charge in [0.05, 0.1) is 12.1 Å². The smallest absolute Gasteiger partial charge is 0.494 e. The molecule has 106 valence electrons. The van der Waals surface area contributed by atoms with Crippen LogP contribution in [0.2, 0.25) is 0 Å². The number of rotatable bonds is 6. The Morgan fingerprint density at radius 3 is 2.55 bits per heavy atom. The fraction of sp³-hybridized carbons (Fsp3) is 0.222. The Hall–Kier alpha value is -1.31. The first-order valence-corrected chi connectivity index (χ1v) is 7.39. The molecule has 0 aliphatic heterocycles. The highest BCUT2D eigenvalue weighted by atomic mass is 31.1. The highest BCUT2D eigenvalue weighted by Gasteiger charge is 2.44. The zero-order valence-corrected chi connectivity index (χ0v) is 11.6. The van der Waals surface area contributed by atoms with Crippen LogP contribution in [0, 0.1) is 0 Å². The van der Waals surface area contributed by atoms with Gasteiger partial charge in [0.25, 0.3) is 0 Å². The summed E-state index contributed by atoms with van der Waals surface area (Å²) in [6, 6.07) is 5.09. The summed E-state index contributed by atoms with van der Waals surface area (Å²) in [5, 5.41) is 9.83. The van der Waals surface area contributed by atoms with Crippen molar-refractivity contribution in [1.29, 1.82) is 0 Å². The van der Waals surface area contributed by atoms with Crippen LogP contribution < -0.4 is 9.79 Å². The second-order valence-electron chi connectivity index (χ2n) is 3.70. The zero-order valence-electron chi connectivity index (χ0n) is 9.78. The van der Waals surface area contributed by atoms with E-state index >= 15 is 0 Å². The van der Waals surface area contributed by atoms with Crippen LogP contribution >= 0.6 is 16.5 Å². The number of pyridine rings is 1. The Bertz CT molecular complexity index is 643. The van der Waals surface area contributed by atoms with Gasteiger partial charge in [-0.15, -0.1) is 0 Å². The van der Waals surface area contributed by atoms with E-state index in [-0.39, 0.29) is 0 Å². The van der Waals surface area contributed by atoms with Crippen LogP contribution in [0.4, 0.5) is 0 Å². The lowest BCUT2D eigenvalue weighted by Gasteiger charge is -2.16. The fourth-order valence-electron chi connectivity index (χ4n) is 1.66. The van der Waals surface area contributed by atoms with Gasteiger partial charge in [-0.05, 0) is 21.3 Å². The highest BCUT2D eigenvalue weighted by molar-refractivity contribution is 7.31. The summed E-state index contributed by atoms with van der Waals surface area (Å²) in [5.74, 6) is -2.84. The van der Waals surface area contributed by atoms with Crippen LogP contribution in [0.5, 0.6) is 0 Å². The summed E-state index contributed by atoms with van der Waals surface area (Å²) in [7, 11) is -7.03. The number of nitrogens with zero attached hydrogens (tertiary/aromatic N) is 2. The van der Waals surface area contributed by atoms with E-state index in [9.17, 15) is 24.0 Å². The van der Waals surface area contributed by atoms with E-state index < -0.39 is 28.9 Å². The molecule has 0 saturated carbocycles. The van der Waals surface area contributed by atoms with Crippen molar-refractivity contribution >= 4 is 22.2 Å². The van der Waals surface area contributed by atoms with Gasteiger partial charge in [0.2, 0.25) is 0 Å². The number of fused-ring (bicyclic) bond motifs is 1. The van der Waals surface area contributed by atoms with Crippen LogP contribution in [-0.4, -0.2) is 20.5 Å². The minimum absolute atomic E-state index is 0.303. The van der Waals surface area contributed by atoms with E-state index in [0.29, 0.717) is 11.3 Å². The third kappa shape index (κ3) is 3.62. The Morgan fingerprint density at radius 2 is 1.95 bits per heavy atom. The normalized spacial score (nSPS) is 15.9. The summed E-state index contributed by atoms with van der Waals surface area (Å²) < 4.78 is 30.9. The molecule has 9 nitrogen and oxygen atoms in total. The molecule has 2 heterocycles. The van der Waals surface area contributed by atoms with Gasteiger partial charge < -0.3 is 19.3 Å². The first-order valence-electron chi connectivity index (χ1n) is 5.20. The molecule has 11 heteroatoms. The summed E-state index contributed by atoms with van der Waals surface area (Å²) in [6.07, 6.45) is 2.39. The number of aliphatic hydroxyl groups is 1. The molecule has 0 saturated heterocycles. The Balaban J connectivity index is 2.31. The molecule has 0 spiro atoms. The van der Waals surface area contributed by atoms with Gasteiger partial charge in [0.15, 0.2) is 0 Å². The molecule has 2 atom stereocenters. The van der Waals surface area contributed by atoms with Gasteiger partial charge in [-0.1, -0.05) is 15.1 Å². The van der Waals surface area contributed by atoms with Gasteiger partial charge >= 0.3 is 22.5 Å². The maximum atomic E-state index is 10.5. The minimum atomic E-state index is -3.52. The van der Waals surface area contributed by atoms with Gasteiger partial charge in [-0.2, -0.15) is 0 Å². The standard InChI is InChI=1S/C9H8N2O7P2/c12-9(17-19(13)14,18-20(15)16)5-7-6-10-8-3-1-2-4-11(7)8/h1-4,6,12H,5H2. The molecule has 2 aromatic rings. The largest absolute Gasteiger partial charge is 0.566 e. The van der Waals surface area contributed by atoms with E-state index in [1.165, 1.54) is 10.6 Å². The zero-order chi connectivity index (χ0) is 14.8. The van der Waals surface area contributed by atoms with Crippen LogP contribution in [0.1, 0.15) is 5.69 Å². The van der Waals surface area contributed by atoms with Gasteiger partial charge in [0.1, 0.15) is 5.65 Å². The second-order valence-corrected chi connectivity index (χ2v) is 4.96. The van der Waals surface area contributed by atoms with Crippen LogP contribution in [0.15, 0.2) is 30.6 Å². The van der Waals surface area contributed by atoms with Crippen LogP contribution in [0.3, 0.4) is 0 Å². The summed E-state index contributed by atoms with van der Waals surface area (Å²) in [4.78, 5) is 25.1. The van der Waals surface area contributed by atoms with Crippen molar-refractivity contribution < 1.29 is 33.1 Å². The molecule has 0 aliphatic rings. The van der Waals surface area contributed by atoms with Crippen molar-refractivity contribution in [3.8, 4) is 0 Å². The van der Waals surface area contributed by atoms with Crippen molar-refractivity contribution in [3.63, 3.8) is 0 Å². The number of hydrogen-bond acceptors (Lipinski definition) is 8. The van der Waals surface area contributed by atoms with Crippen molar-refractivity contribution in [3.05, 3.63) is 36.3 Å². The number of hydrogen-bond donors (Lipinski definition) is 1. The van der Waals surface area contributed by atoms with E-state index in [2.05, 4.69) is 14.0 Å². The maximum Gasteiger partial charge on any atom is 0.494 e. The molecule has 0 fully saturated rings. The van der Waals surface area contributed by atoms with Crippen molar-refractivity contribution in [2.24, 2.45) is 0 Å². The SMILES string of the molecule is O=[P+]([O-])OC(O)(Cc1cnc2ccccn12)O[P+](=O)[O-]. The average Bonchev–Trinajstić information content (AvgIpc) is 2.70. The second kappa shape index (κ2) is 5.99. The molecule has 20 heavy (non-hydrogen) atoms. The third-order valence-electron chi connectivity index (χ3n) is 2.33. The first kappa shape index (κ1) is 15.1. The molecule has 2 aromatic heterocycles. The number of imidazole rings is 1. The topological polar surface area (TPSA) is 136 Å². The van der Waals surface area contributed by atoms with Crippen LogP contribution in [-0.2, 0) is 24.6 Å². The third-order valence-corrected chi connectivity index (χ3v) is 3.20. The highest BCUT2D eigenvalue weighted by Crippen LogP contribution is 2.32. The Kier molecular flexibility index (Phi) is 4.52. The summed E-state index contributed by atoms with van der Waals surface area (Å²) in [6.45, 7) is 0. The van der Waals surface area contributed by atoms with Crippen molar-refractivity contribution in [1.82, 2.24) is 9.38 Å². The minimum Gasteiger partial charge on any atom is -0.566 e. The van der Waals surface area contributed by atoms with E-state index in [4.69, 9.17) is 0 Å². The molecule has 2 unspecified atom stereocenters. The number of aromatic nitrogens is 2.